The highest BCUT2D eigenvalue weighted by molar-refractivity contribution is 5.78. The largest absolute Gasteiger partial charge is 0.487 e. The molecule has 0 bridgehead atoms. The molecule has 41 heavy (non-hydrogen) atoms. The van der Waals surface area contributed by atoms with Crippen LogP contribution in [0.25, 0.3) is 0 Å². The zero-order chi connectivity index (χ0) is 29.7. The van der Waals surface area contributed by atoms with Crippen LogP contribution in [0.4, 0.5) is 0 Å². The Labute approximate surface area is 245 Å². The van der Waals surface area contributed by atoms with E-state index in [9.17, 15) is 9.59 Å². The maximum absolute atomic E-state index is 12.5. The first-order valence-electron chi connectivity index (χ1n) is 14.9. The minimum atomic E-state index is -0.0274. The number of ether oxygens (including phenoxy) is 5. The van der Waals surface area contributed by atoms with Crippen molar-refractivity contribution in [1.29, 1.82) is 0 Å². The Balaban J connectivity index is 1.72. The average molecular weight is 573 g/mol. The zero-order valence-corrected chi connectivity index (χ0v) is 25.3. The van der Waals surface area contributed by atoms with Crippen molar-refractivity contribution in [3.63, 3.8) is 0 Å². The molecule has 2 rings (SSSR count). The van der Waals surface area contributed by atoms with E-state index in [0.29, 0.717) is 49.4 Å². The number of hydrogen-bond donors (Lipinski definition) is 0. The van der Waals surface area contributed by atoms with Crippen LogP contribution >= 0.6 is 0 Å². The standard InChI is InChI=1S/C32H48N2O7/c1-5-17-33(18-6-2)31(35)25-40-29-15-11-9-13-27(29)38-23-21-37-22-24-39-28-14-10-12-16-30(28)41-26-32(36)34(19-7-3)20-8-4/h9-16H,5-8,17-26H2,1-4H3. The van der Waals surface area contributed by atoms with Gasteiger partial charge in [-0.1, -0.05) is 52.0 Å². The average Bonchev–Trinajstić information content (AvgIpc) is 2.99. The van der Waals surface area contributed by atoms with Crippen LogP contribution in [0.5, 0.6) is 23.0 Å². The van der Waals surface area contributed by atoms with Gasteiger partial charge in [0.05, 0.1) is 13.2 Å². The van der Waals surface area contributed by atoms with E-state index in [-0.39, 0.29) is 25.0 Å². The third-order valence-electron chi connectivity index (χ3n) is 6.05. The predicted octanol–water partition coefficient (Wildman–Crippen LogP) is 5.22. The van der Waals surface area contributed by atoms with E-state index in [2.05, 4.69) is 27.7 Å². The number of carbonyl (C=O) groups is 2. The van der Waals surface area contributed by atoms with E-state index in [4.69, 9.17) is 23.7 Å². The molecule has 0 N–H and O–H groups in total. The second-order valence-corrected chi connectivity index (χ2v) is 9.54. The summed E-state index contributed by atoms with van der Waals surface area (Å²) in [6.45, 7) is 12.4. The Morgan fingerprint density at radius 1 is 0.512 bits per heavy atom. The quantitative estimate of drug-likeness (QED) is 0.179. The van der Waals surface area contributed by atoms with Gasteiger partial charge in [0.15, 0.2) is 36.2 Å². The number of amides is 2. The van der Waals surface area contributed by atoms with Crippen LogP contribution in [-0.2, 0) is 14.3 Å². The van der Waals surface area contributed by atoms with Gasteiger partial charge in [0.2, 0.25) is 0 Å². The molecule has 2 aromatic rings. The molecule has 0 aliphatic heterocycles. The van der Waals surface area contributed by atoms with E-state index in [0.717, 1.165) is 51.9 Å². The number of hydrogen-bond acceptors (Lipinski definition) is 7. The summed E-state index contributed by atoms with van der Waals surface area (Å²) < 4.78 is 28.9. The summed E-state index contributed by atoms with van der Waals surface area (Å²) in [5.74, 6) is 2.13. The molecule has 0 unspecified atom stereocenters. The maximum atomic E-state index is 12.5. The molecule has 0 radical (unpaired) electrons. The van der Waals surface area contributed by atoms with Crippen LogP contribution in [0, 0.1) is 0 Å². The van der Waals surface area contributed by atoms with E-state index in [1.54, 1.807) is 12.1 Å². The minimum Gasteiger partial charge on any atom is -0.487 e. The molecule has 9 nitrogen and oxygen atoms in total. The van der Waals surface area contributed by atoms with Crippen molar-refractivity contribution in [2.75, 3.05) is 65.8 Å². The first-order valence-corrected chi connectivity index (χ1v) is 14.9. The van der Waals surface area contributed by atoms with Gasteiger partial charge in [-0.2, -0.15) is 0 Å². The Hall–Kier alpha value is -3.46. The molecule has 228 valence electrons. The van der Waals surface area contributed by atoms with E-state index in [1.165, 1.54) is 0 Å². The molecule has 0 saturated carbocycles. The molecule has 0 heterocycles. The highest BCUT2D eigenvalue weighted by atomic mass is 16.6. The van der Waals surface area contributed by atoms with Gasteiger partial charge in [-0.15, -0.1) is 0 Å². The molecule has 2 aromatic carbocycles. The summed E-state index contributed by atoms with van der Waals surface area (Å²) >= 11 is 0. The number of rotatable bonds is 22. The van der Waals surface area contributed by atoms with Crippen molar-refractivity contribution in [1.82, 2.24) is 9.80 Å². The van der Waals surface area contributed by atoms with E-state index < -0.39 is 0 Å². The van der Waals surface area contributed by atoms with Gasteiger partial charge in [0, 0.05) is 26.2 Å². The summed E-state index contributed by atoms with van der Waals surface area (Å²) in [5, 5.41) is 0. The fourth-order valence-electron chi connectivity index (χ4n) is 4.16. The minimum absolute atomic E-state index is 0.0245. The zero-order valence-electron chi connectivity index (χ0n) is 25.3. The lowest BCUT2D eigenvalue weighted by atomic mass is 10.3. The van der Waals surface area contributed by atoms with Crippen LogP contribution in [0.2, 0.25) is 0 Å². The fourth-order valence-corrected chi connectivity index (χ4v) is 4.16. The van der Waals surface area contributed by atoms with Crippen molar-refractivity contribution >= 4 is 11.8 Å². The molecule has 0 aliphatic rings. The molecule has 0 aromatic heterocycles. The van der Waals surface area contributed by atoms with Gasteiger partial charge in [-0.25, -0.2) is 0 Å². The lowest BCUT2D eigenvalue weighted by molar-refractivity contribution is -0.134. The molecular formula is C32H48N2O7. The van der Waals surface area contributed by atoms with Gasteiger partial charge in [-0.3, -0.25) is 9.59 Å². The van der Waals surface area contributed by atoms with Gasteiger partial charge in [-0.05, 0) is 49.9 Å². The van der Waals surface area contributed by atoms with Gasteiger partial charge < -0.3 is 33.5 Å². The molecular weight excluding hydrogens is 524 g/mol. The number of benzene rings is 2. The monoisotopic (exact) mass is 572 g/mol. The Bertz CT molecular complexity index is 926. The molecule has 0 saturated heterocycles. The highest BCUT2D eigenvalue weighted by Gasteiger charge is 2.15. The summed E-state index contributed by atoms with van der Waals surface area (Å²) in [4.78, 5) is 28.7. The molecule has 0 atom stereocenters. The number of para-hydroxylation sites is 4. The maximum Gasteiger partial charge on any atom is 0.260 e. The third-order valence-corrected chi connectivity index (χ3v) is 6.05. The van der Waals surface area contributed by atoms with Crippen molar-refractivity contribution in [3.8, 4) is 23.0 Å². The van der Waals surface area contributed by atoms with Crippen LogP contribution in [0.15, 0.2) is 48.5 Å². The summed E-state index contributed by atoms with van der Waals surface area (Å²) in [6, 6.07) is 14.6. The Kier molecular flexibility index (Phi) is 16.8. The predicted molar refractivity (Wildman–Crippen MR) is 160 cm³/mol. The molecule has 0 spiro atoms. The molecule has 9 heteroatoms. The van der Waals surface area contributed by atoms with E-state index in [1.807, 2.05) is 46.2 Å². The Morgan fingerprint density at radius 3 is 1.15 bits per heavy atom. The summed E-state index contributed by atoms with van der Waals surface area (Å²) in [6.07, 6.45) is 3.65. The van der Waals surface area contributed by atoms with Crippen LogP contribution in [0.3, 0.4) is 0 Å². The molecule has 0 aliphatic carbocycles. The second kappa shape index (κ2) is 20.4. The lowest BCUT2D eigenvalue weighted by Crippen LogP contribution is -2.36. The topological polar surface area (TPSA) is 86.8 Å². The van der Waals surface area contributed by atoms with Gasteiger partial charge in [0.1, 0.15) is 13.2 Å². The molecule has 0 fully saturated rings. The Morgan fingerprint density at radius 2 is 0.829 bits per heavy atom. The summed E-state index contributed by atoms with van der Waals surface area (Å²) in [7, 11) is 0. The van der Waals surface area contributed by atoms with Crippen molar-refractivity contribution < 1.29 is 33.3 Å². The smallest absolute Gasteiger partial charge is 0.260 e. The van der Waals surface area contributed by atoms with Crippen molar-refractivity contribution in [2.45, 2.75) is 53.4 Å². The number of carbonyl (C=O) groups excluding carboxylic acids is 2. The van der Waals surface area contributed by atoms with Gasteiger partial charge in [0.25, 0.3) is 11.8 Å². The van der Waals surface area contributed by atoms with Crippen molar-refractivity contribution in [3.05, 3.63) is 48.5 Å². The summed E-state index contributed by atoms with van der Waals surface area (Å²) in [5.41, 5.74) is 0. The lowest BCUT2D eigenvalue weighted by Gasteiger charge is -2.22. The van der Waals surface area contributed by atoms with Crippen LogP contribution in [0.1, 0.15) is 53.4 Å². The third kappa shape index (κ3) is 12.7. The first-order chi connectivity index (χ1) is 20.0. The second-order valence-electron chi connectivity index (χ2n) is 9.54. The molecule has 2 amide bonds. The van der Waals surface area contributed by atoms with Crippen molar-refractivity contribution in [2.24, 2.45) is 0 Å². The SMILES string of the molecule is CCCN(CCC)C(=O)COc1ccccc1OCCOCCOc1ccccc1OCC(=O)N(CCC)CCC. The first kappa shape index (κ1) is 33.7. The highest BCUT2D eigenvalue weighted by Crippen LogP contribution is 2.27. The van der Waals surface area contributed by atoms with Crippen LogP contribution in [-0.4, -0.2) is 87.4 Å². The normalized spacial score (nSPS) is 10.6. The fraction of sp³-hybridized carbons (Fsp3) is 0.562. The van der Waals surface area contributed by atoms with Crippen LogP contribution < -0.4 is 18.9 Å². The van der Waals surface area contributed by atoms with Gasteiger partial charge >= 0.3 is 0 Å². The van der Waals surface area contributed by atoms with E-state index >= 15 is 0 Å². The number of nitrogens with zero attached hydrogens (tertiary/aromatic N) is 2.